The summed E-state index contributed by atoms with van der Waals surface area (Å²) in [7, 11) is 2.10. The number of halogens is 1. The molecular weight excluding hydrogens is 294 g/mol. The predicted octanol–water partition coefficient (Wildman–Crippen LogP) is 4.46. The zero-order chi connectivity index (χ0) is 12.1. The van der Waals surface area contributed by atoms with E-state index in [-0.39, 0.29) is 0 Å². The van der Waals surface area contributed by atoms with Crippen LogP contribution in [0.25, 0.3) is 0 Å². The van der Waals surface area contributed by atoms with Crippen LogP contribution in [-0.4, -0.2) is 18.3 Å². The minimum absolute atomic E-state index is 0.668. The second-order valence-electron chi connectivity index (χ2n) is 4.65. The summed E-state index contributed by atoms with van der Waals surface area (Å²) >= 11 is 5.58. The molecule has 2 atom stereocenters. The summed E-state index contributed by atoms with van der Waals surface area (Å²) in [4.78, 5) is 1.38. The molecule has 1 saturated carbocycles. The quantitative estimate of drug-likeness (QED) is 0.827. The van der Waals surface area contributed by atoms with Gasteiger partial charge in [-0.25, -0.2) is 0 Å². The molecule has 0 saturated heterocycles. The molecule has 3 heteroatoms. The molecule has 0 amide bonds. The molecule has 1 aromatic carbocycles. The molecule has 94 valence electrons. The Morgan fingerprint density at radius 2 is 2.06 bits per heavy atom. The van der Waals surface area contributed by atoms with Crippen molar-refractivity contribution in [3.8, 4) is 0 Å². The summed E-state index contributed by atoms with van der Waals surface area (Å²) in [6, 6.07) is 9.32. The highest BCUT2D eigenvalue weighted by molar-refractivity contribution is 9.10. The number of hydrogen-bond donors (Lipinski definition) is 1. The van der Waals surface area contributed by atoms with Crippen molar-refractivity contribution in [1.82, 2.24) is 5.32 Å². The maximum absolute atomic E-state index is 3.55. The Morgan fingerprint density at radius 1 is 1.24 bits per heavy atom. The molecule has 1 nitrogen and oxygen atoms in total. The van der Waals surface area contributed by atoms with Gasteiger partial charge in [0.25, 0.3) is 0 Å². The van der Waals surface area contributed by atoms with E-state index in [2.05, 4.69) is 52.6 Å². The highest BCUT2D eigenvalue weighted by Gasteiger charge is 2.23. The van der Waals surface area contributed by atoms with Crippen molar-refractivity contribution in [2.75, 3.05) is 7.05 Å². The fourth-order valence-electron chi connectivity index (χ4n) is 2.46. The molecule has 1 fully saturated rings. The van der Waals surface area contributed by atoms with Crippen LogP contribution >= 0.6 is 27.7 Å². The van der Waals surface area contributed by atoms with E-state index in [1.165, 1.54) is 41.5 Å². The maximum atomic E-state index is 3.55. The van der Waals surface area contributed by atoms with Gasteiger partial charge in [-0.05, 0) is 38.1 Å². The molecule has 0 radical (unpaired) electrons. The van der Waals surface area contributed by atoms with Crippen LogP contribution in [0.1, 0.15) is 32.1 Å². The lowest BCUT2D eigenvalue weighted by Crippen LogP contribution is -2.34. The van der Waals surface area contributed by atoms with E-state index >= 15 is 0 Å². The monoisotopic (exact) mass is 313 g/mol. The number of nitrogens with one attached hydrogen (secondary N) is 1. The van der Waals surface area contributed by atoms with Gasteiger partial charge in [-0.15, -0.1) is 11.8 Å². The van der Waals surface area contributed by atoms with E-state index in [0.29, 0.717) is 6.04 Å². The molecule has 1 aliphatic carbocycles. The summed E-state index contributed by atoms with van der Waals surface area (Å²) in [6.07, 6.45) is 6.81. The summed E-state index contributed by atoms with van der Waals surface area (Å²) in [5.41, 5.74) is 0. The largest absolute Gasteiger partial charge is 0.316 e. The molecule has 1 aromatic rings. The van der Waals surface area contributed by atoms with Crippen LogP contribution in [0, 0.1) is 0 Å². The lowest BCUT2D eigenvalue weighted by Gasteiger charge is -2.24. The number of benzene rings is 1. The van der Waals surface area contributed by atoms with Crippen molar-refractivity contribution >= 4 is 27.7 Å². The molecule has 1 aliphatic rings. The molecule has 0 spiro atoms. The molecule has 17 heavy (non-hydrogen) atoms. The first-order valence-electron chi connectivity index (χ1n) is 6.39. The smallest absolute Gasteiger partial charge is 0.0248 e. The number of thioether (sulfide) groups is 1. The fourth-order valence-corrected chi connectivity index (χ4v) is 4.43. The van der Waals surface area contributed by atoms with Gasteiger partial charge in [0.2, 0.25) is 0 Å². The van der Waals surface area contributed by atoms with Crippen LogP contribution < -0.4 is 5.32 Å². The van der Waals surface area contributed by atoms with Gasteiger partial charge in [-0.3, -0.25) is 0 Å². The average Bonchev–Trinajstić information content (AvgIpc) is 2.54. The van der Waals surface area contributed by atoms with Crippen molar-refractivity contribution in [2.45, 2.75) is 48.3 Å². The van der Waals surface area contributed by atoms with Crippen LogP contribution in [0.2, 0.25) is 0 Å². The van der Waals surface area contributed by atoms with Crippen molar-refractivity contribution in [2.24, 2.45) is 0 Å². The Morgan fingerprint density at radius 3 is 2.82 bits per heavy atom. The first-order valence-corrected chi connectivity index (χ1v) is 8.06. The van der Waals surface area contributed by atoms with E-state index in [1.54, 1.807) is 0 Å². The number of rotatable bonds is 3. The van der Waals surface area contributed by atoms with Crippen molar-refractivity contribution in [3.05, 3.63) is 28.7 Å². The Kier molecular flexibility index (Phi) is 5.39. The lowest BCUT2D eigenvalue weighted by molar-refractivity contribution is 0.510. The highest BCUT2D eigenvalue weighted by Crippen LogP contribution is 2.33. The van der Waals surface area contributed by atoms with Crippen LogP contribution in [0.3, 0.4) is 0 Å². The van der Waals surface area contributed by atoms with Gasteiger partial charge in [-0.2, -0.15) is 0 Å². The Balaban J connectivity index is 2.04. The molecule has 2 unspecified atom stereocenters. The number of hydrogen-bond acceptors (Lipinski definition) is 2. The van der Waals surface area contributed by atoms with Gasteiger partial charge in [0.05, 0.1) is 0 Å². The van der Waals surface area contributed by atoms with Gasteiger partial charge in [-0.1, -0.05) is 41.3 Å². The molecular formula is C14H20BrNS. The Bertz CT molecular complexity index is 356. The maximum Gasteiger partial charge on any atom is 0.0248 e. The summed E-state index contributed by atoms with van der Waals surface area (Å²) < 4.78 is 1.18. The normalized spacial score (nSPS) is 25.5. The zero-order valence-electron chi connectivity index (χ0n) is 10.3. The van der Waals surface area contributed by atoms with Crippen molar-refractivity contribution < 1.29 is 0 Å². The second-order valence-corrected chi connectivity index (χ2v) is 6.88. The van der Waals surface area contributed by atoms with Crippen LogP contribution in [0.5, 0.6) is 0 Å². The molecule has 0 aliphatic heterocycles. The van der Waals surface area contributed by atoms with Crippen molar-refractivity contribution in [3.63, 3.8) is 0 Å². The summed E-state index contributed by atoms with van der Waals surface area (Å²) in [6.45, 7) is 0. The molecule has 2 rings (SSSR count). The minimum atomic E-state index is 0.668. The average molecular weight is 314 g/mol. The topological polar surface area (TPSA) is 12.0 Å². The third-order valence-corrected chi connectivity index (χ3v) is 5.29. The Labute approximate surface area is 117 Å². The van der Waals surface area contributed by atoms with Crippen molar-refractivity contribution in [1.29, 1.82) is 0 Å². The fraction of sp³-hybridized carbons (Fsp3) is 0.571. The molecule has 0 bridgehead atoms. The third kappa shape index (κ3) is 4.01. The van der Waals surface area contributed by atoms with Crippen LogP contribution in [0.15, 0.2) is 33.6 Å². The first kappa shape index (κ1) is 13.4. The summed E-state index contributed by atoms with van der Waals surface area (Å²) in [5, 5.41) is 4.22. The molecule has 1 N–H and O–H groups in total. The predicted molar refractivity (Wildman–Crippen MR) is 79.7 cm³/mol. The third-order valence-electron chi connectivity index (χ3n) is 3.41. The lowest BCUT2D eigenvalue weighted by atomic mass is 10.1. The second kappa shape index (κ2) is 6.81. The standard InChI is InChI=1S/C14H20BrNS/c1-16-13-8-3-2-4-9-14(13)17-12-7-5-6-11(15)10-12/h5-7,10,13-14,16H,2-4,8-9H2,1H3. The van der Waals surface area contributed by atoms with Gasteiger partial charge >= 0.3 is 0 Å². The molecule has 0 heterocycles. The van der Waals surface area contributed by atoms with Crippen LogP contribution in [0.4, 0.5) is 0 Å². The van der Waals surface area contributed by atoms with Gasteiger partial charge in [0, 0.05) is 20.7 Å². The van der Waals surface area contributed by atoms with E-state index in [4.69, 9.17) is 0 Å². The summed E-state index contributed by atoms with van der Waals surface area (Å²) in [5.74, 6) is 0. The van der Waals surface area contributed by atoms with Gasteiger partial charge in [0.15, 0.2) is 0 Å². The van der Waals surface area contributed by atoms with E-state index in [0.717, 1.165) is 5.25 Å². The zero-order valence-corrected chi connectivity index (χ0v) is 12.7. The van der Waals surface area contributed by atoms with E-state index < -0.39 is 0 Å². The first-order chi connectivity index (χ1) is 8.29. The Hall–Kier alpha value is 0.01000. The SMILES string of the molecule is CNC1CCCCCC1Sc1cccc(Br)c1. The minimum Gasteiger partial charge on any atom is -0.316 e. The molecule has 0 aromatic heterocycles. The van der Waals surface area contributed by atoms with E-state index in [9.17, 15) is 0 Å². The van der Waals surface area contributed by atoms with E-state index in [1.807, 2.05) is 11.8 Å². The van der Waals surface area contributed by atoms with Crippen LogP contribution in [-0.2, 0) is 0 Å². The van der Waals surface area contributed by atoms with Gasteiger partial charge in [0.1, 0.15) is 0 Å². The van der Waals surface area contributed by atoms with Gasteiger partial charge < -0.3 is 5.32 Å². The highest BCUT2D eigenvalue weighted by atomic mass is 79.9.